The van der Waals surface area contributed by atoms with Crippen LogP contribution in [0.25, 0.3) is 0 Å². The molecule has 0 aliphatic heterocycles. The van der Waals surface area contributed by atoms with Crippen LogP contribution in [0.15, 0.2) is 34.1 Å². The number of hydrogen-bond donors (Lipinski definition) is 1. The lowest BCUT2D eigenvalue weighted by Crippen LogP contribution is -2.24. The summed E-state index contributed by atoms with van der Waals surface area (Å²) in [7, 11) is 0. The Morgan fingerprint density at radius 2 is 2.14 bits per heavy atom. The van der Waals surface area contributed by atoms with Crippen molar-refractivity contribution in [1.29, 1.82) is 5.26 Å². The predicted octanol–water partition coefficient (Wildman–Crippen LogP) is 2.81. The quantitative estimate of drug-likeness (QED) is 0.884. The number of aliphatic imine (C=N–C) groups is 1. The number of hydrogen-bond acceptors (Lipinski definition) is 4. The van der Waals surface area contributed by atoms with Crippen molar-refractivity contribution in [1.82, 2.24) is 4.57 Å². The normalized spacial score (nSPS) is 10.8. The van der Waals surface area contributed by atoms with E-state index in [2.05, 4.69) is 4.99 Å². The van der Waals surface area contributed by atoms with E-state index in [1.54, 1.807) is 13.8 Å². The zero-order valence-corrected chi connectivity index (χ0v) is 12.8. The second-order valence-electron chi connectivity index (χ2n) is 5.00. The average molecular weight is 295 g/mol. The molecule has 0 unspecified atom stereocenters. The molecule has 2 aromatic rings. The molecule has 0 atom stereocenters. The van der Waals surface area contributed by atoms with Crippen LogP contribution >= 0.6 is 0 Å². The molecule has 2 rings (SSSR count). The molecule has 0 fully saturated rings. The van der Waals surface area contributed by atoms with Crippen LogP contribution in [0, 0.1) is 25.2 Å². The fourth-order valence-electron chi connectivity index (χ4n) is 2.27. The van der Waals surface area contributed by atoms with Gasteiger partial charge in [0.05, 0.1) is 11.3 Å². The van der Waals surface area contributed by atoms with Gasteiger partial charge in [-0.2, -0.15) is 5.26 Å². The Balaban J connectivity index is 2.61. The molecule has 0 aliphatic carbocycles. The Morgan fingerprint density at radius 3 is 2.73 bits per heavy atom. The third-order valence-electron chi connectivity index (χ3n) is 3.51. The van der Waals surface area contributed by atoms with Crippen LogP contribution in [-0.2, 0) is 6.54 Å². The first-order valence-electron chi connectivity index (χ1n) is 6.96. The second kappa shape index (κ2) is 6.27. The van der Waals surface area contributed by atoms with Crippen LogP contribution in [0.3, 0.4) is 0 Å². The van der Waals surface area contributed by atoms with Crippen molar-refractivity contribution >= 4 is 11.9 Å². The van der Waals surface area contributed by atoms with Crippen molar-refractivity contribution in [3.05, 3.63) is 56.9 Å². The Bertz CT molecular complexity index is 842. The Kier molecular flexibility index (Phi) is 4.42. The van der Waals surface area contributed by atoms with Crippen molar-refractivity contribution < 1.29 is 5.11 Å². The van der Waals surface area contributed by atoms with Crippen molar-refractivity contribution in [2.75, 3.05) is 0 Å². The summed E-state index contributed by atoms with van der Waals surface area (Å²) in [4.78, 5) is 16.4. The minimum absolute atomic E-state index is 0.0327. The molecule has 1 aromatic carbocycles. The zero-order valence-electron chi connectivity index (χ0n) is 12.8. The number of pyridine rings is 1. The number of aromatic hydroxyl groups is 1. The maximum atomic E-state index is 12.1. The summed E-state index contributed by atoms with van der Waals surface area (Å²) >= 11 is 0. The topological polar surface area (TPSA) is 78.4 Å². The van der Waals surface area contributed by atoms with Gasteiger partial charge in [0.15, 0.2) is 0 Å². The molecule has 112 valence electrons. The lowest BCUT2D eigenvalue weighted by Gasteiger charge is -2.12. The lowest BCUT2D eigenvalue weighted by molar-refractivity contribution is 0.409. The fourth-order valence-corrected chi connectivity index (χ4v) is 2.27. The summed E-state index contributed by atoms with van der Waals surface area (Å²) < 4.78 is 1.17. The highest BCUT2D eigenvalue weighted by atomic mass is 16.3. The number of nitrogens with zero attached hydrogens (tertiary/aromatic N) is 3. The fraction of sp³-hybridized carbons (Fsp3) is 0.235. The third kappa shape index (κ3) is 2.77. The van der Waals surface area contributed by atoms with Gasteiger partial charge >= 0.3 is 0 Å². The van der Waals surface area contributed by atoms with E-state index in [4.69, 9.17) is 5.26 Å². The van der Waals surface area contributed by atoms with Gasteiger partial charge in [0.25, 0.3) is 5.56 Å². The molecule has 0 amide bonds. The van der Waals surface area contributed by atoms with Crippen LogP contribution in [0.1, 0.15) is 29.2 Å². The van der Waals surface area contributed by atoms with Crippen LogP contribution in [0.2, 0.25) is 0 Å². The summed E-state index contributed by atoms with van der Waals surface area (Å²) in [5.74, 6) is -0.166. The minimum Gasteiger partial charge on any atom is -0.494 e. The van der Waals surface area contributed by atoms with Crippen molar-refractivity contribution in [3.8, 4) is 11.9 Å². The van der Waals surface area contributed by atoms with Gasteiger partial charge in [0.2, 0.25) is 5.88 Å². The highest BCUT2D eigenvalue weighted by Gasteiger charge is 2.16. The molecule has 0 spiro atoms. The SMILES string of the molecule is CCn1c(O)c(C=Nc2cccc(C)c2)c(C)c(C#N)c1=O. The van der Waals surface area contributed by atoms with E-state index in [0.717, 1.165) is 11.3 Å². The molecule has 0 radical (unpaired) electrons. The van der Waals surface area contributed by atoms with Gasteiger partial charge in [-0.3, -0.25) is 14.4 Å². The maximum Gasteiger partial charge on any atom is 0.271 e. The molecule has 0 bridgehead atoms. The number of benzene rings is 1. The molecule has 0 saturated heterocycles. The van der Waals surface area contributed by atoms with Crippen molar-refractivity contribution in [3.63, 3.8) is 0 Å². The van der Waals surface area contributed by atoms with Gasteiger partial charge < -0.3 is 5.11 Å². The number of nitriles is 1. The molecular weight excluding hydrogens is 278 g/mol. The Labute approximate surface area is 128 Å². The van der Waals surface area contributed by atoms with Crippen molar-refractivity contribution in [2.24, 2.45) is 4.99 Å². The Morgan fingerprint density at radius 1 is 1.41 bits per heavy atom. The highest BCUT2D eigenvalue weighted by molar-refractivity contribution is 5.87. The second-order valence-corrected chi connectivity index (χ2v) is 5.00. The highest BCUT2D eigenvalue weighted by Crippen LogP contribution is 2.21. The molecule has 0 aliphatic rings. The molecule has 22 heavy (non-hydrogen) atoms. The molecular formula is C17H17N3O2. The first-order chi connectivity index (χ1) is 10.5. The summed E-state index contributed by atoms with van der Waals surface area (Å²) in [6.07, 6.45) is 1.49. The van der Waals surface area contributed by atoms with Crippen molar-refractivity contribution in [2.45, 2.75) is 27.3 Å². The van der Waals surface area contributed by atoms with E-state index in [1.807, 2.05) is 37.3 Å². The van der Waals surface area contributed by atoms with Crippen LogP contribution in [-0.4, -0.2) is 15.9 Å². The molecule has 1 N–H and O–H groups in total. The largest absolute Gasteiger partial charge is 0.494 e. The van der Waals surface area contributed by atoms with E-state index in [-0.39, 0.29) is 18.0 Å². The summed E-state index contributed by atoms with van der Waals surface area (Å²) in [5, 5.41) is 19.4. The van der Waals surface area contributed by atoms with Gasteiger partial charge in [-0.05, 0) is 44.0 Å². The van der Waals surface area contributed by atoms with E-state index in [9.17, 15) is 9.90 Å². The van der Waals surface area contributed by atoms with Crippen LogP contribution in [0.4, 0.5) is 5.69 Å². The van der Waals surface area contributed by atoms with Gasteiger partial charge in [0, 0.05) is 12.8 Å². The van der Waals surface area contributed by atoms with E-state index < -0.39 is 5.56 Å². The molecule has 5 nitrogen and oxygen atoms in total. The van der Waals surface area contributed by atoms with Gasteiger partial charge in [-0.1, -0.05) is 12.1 Å². The maximum absolute atomic E-state index is 12.1. The van der Waals surface area contributed by atoms with Gasteiger partial charge in [-0.15, -0.1) is 0 Å². The zero-order chi connectivity index (χ0) is 16.3. The van der Waals surface area contributed by atoms with Gasteiger partial charge in [0.1, 0.15) is 11.6 Å². The monoisotopic (exact) mass is 295 g/mol. The number of aryl methyl sites for hydroxylation is 1. The van der Waals surface area contributed by atoms with E-state index in [0.29, 0.717) is 11.1 Å². The summed E-state index contributed by atoms with van der Waals surface area (Å²) in [5.41, 5.74) is 2.20. The molecule has 5 heteroatoms. The van der Waals surface area contributed by atoms with E-state index in [1.165, 1.54) is 10.8 Å². The molecule has 1 aromatic heterocycles. The van der Waals surface area contributed by atoms with Crippen LogP contribution in [0.5, 0.6) is 5.88 Å². The first-order valence-corrected chi connectivity index (χ1v) is 6.96. The van der Waals surface area contributed by atoms with E-state index >= 15 is 0 Å². The predicted molar refractivity (Wildman–Crippen MR) is 85.9 cm³/mol. The standard InChI is InChI=1S/C17H17N3O2/c1-4-20-16(21)14(9-18)12(3)15(17(20)22)10-19-13-7-5-6-11(2)8-13/h5-8,10,22H,4H2,1-3H3. The summed E-state index contributed by atoms with van der Waals surface area (Å²) in [6, 6.07) is 9.51. The lowest BCUT2D eigenvalue weighted by atomic mass is 10.1. The van der Waals surface area contributed by atoms with Gasteiger partial charge in [-0.25, -0.2) is 0 Å². The van der Waals surface area contributed by atoms with Crippen LogP contribution < -0.4 is 5.56 Å². The average Bonchev–Trinajstić information content (AvgIpc) is 2.48. The number of rotatable bonds is 3. The number of aromatic nitrogens is 1. The minimum atomic E-state index is -0.479. The molecule has 1 heterocycles. The Hall–Kier alpha value is -2.87. The summed E-state index contributed by atoms with van der Waals surface area (Å²) in [6.45, 7) is 5.62. The smallest absolute Gasteiger partial charge is 0.271 e. The third-order valence-corrected chi connectivity index (χ3v) is 3.51. The molecule has 0 saturated carbocycles. The first kappa shape index (κ1) is 15.5.